The normalized spacial score (nSPS) is 15.8. The van der Waals surface area contributed by atoms with Crippen LogP contribution in [0.2, 0.25) is 0 Å². The first-order chi connectivity index (χ1) is 12.2. The van der Waals surface area contributed by atoms with Crippen LogP contribution in [0.3, 0.4) is 0 Å². The van der Waals surface area contributed by atoms with E-state index in [2.05, 4.69) is 11.4 Å². The Kier molecular flexibility index (Phi) is 4.86. The molecule has 0 radical (unpaired) electrons. The van der Waals surface area contributed by atoms with Crippen molar-refractivity contribution in [3.63, 3.8) is 0 Å². The average Bonchev–Trinajstić information content (AvgIpc) is 3.04. The molecule has 1 aromatic carbocycles. The van der Waals surface area contributed by atoms with E-state index in [9.17, 15) is 4.79 Å². The fourth-order valence-electron chi connectivity index (χ4n) is 3.42. The van der Waals surface area contributed by atoms with Crippen molar-refractivity contribution in [1.29, 1.82) is 0 Å². The van der Waals surface area contributed by atoms with Gasteiger partial charge in [0.1, 0.15) is 5.75 Å². The van der Waals surface area contributed by atoms with Crippen LogP contribution in [-0.2, 0) is 29.9 Å². The molecule has 1 amide bonds. The summed E-state index contributed by atoms with van der Waals surface area (Å²) in [6.07, 6.45) is 7.12. The number of benzene rings is 1. The number of fused-ring (bicyclic) bond motifs is 3. The van der Waals surface area contributed by atoms with Gasteiger partial charge >= 0.3 is 0 Å². The van der Waals surface area contributed by atoms with Gasteiger partial charge in [-0.25, -0.2) is 0 Å². The van der Waals surface area contributed by atoms with Crippen molar-refractivity contribution < 1.29 is 9.53 Å². The van der Waals surface area contributed by atoms with E-state index in [0.717, 1.165) is 22.0 Å². The molecule has 3 nitrogen and oxygen atoms in total. The molecule has 0 saturated carbocycles. The van der Waals surface area contributed by atoms with Crippen molar-refractivity contribution in [3.05, 3.63) is 55.6 Å². The number of rotatable bonds is 4. The first-order valence-corrected chi connectivity index (χ1v) is 10.4. The highest BCUT2D eigenvalue weighted by atomic mass is 32.2. The van der Waals surface area contributed by atoms with Crippen molar-refractivity contribution in [3.8, 4) is 5.75 Å². The molecule has 0 bridgehead atoms. The second kappa shape index (κ2) is 7.26. The number of thiophene rings is 1. The van der Waals surface area contributed by atoms with Crippen LogP contribution in [0.5, 0.6) is 5.75 Å². The SMILES string of the molecule is COc1cccc(CNC(=O)C2=Cc3sc4c(c3CS2)CCCC4)c1. The number of carbonyl (C=O) groups is 1. The summed E-state index contributed by atoms with van der Waals surface area (Å²) in [5.41, 5.74) is 4.10. The van der Waals surface area contributed by atoms with Crippen molar-refractivity contribution in [2.45, 2.75) is 38.0 Å². The fraction of sp³-hybridized carbons (Fsp3) is 0.350. The molecule has 130 valence electrons. The molecule has 1 aliphatic carbocycles. The highest BCUT2D eigenvalue weighted by Gasteiger charge is 2.24. The zero-order valence-electron chi connectivity index (χ0n) is 14.3. The minimum absolute atomic E-state index is 0.0184. The lowest BCUT2D eigenvalue weighted by Gasteiger charge is -2.16. The van der Waals surface area contributed by atoms with Gasteiger partial charge in [0, 0.05) is 22.1 Å². The number of amides is 1. The van der Waals surface area contributed by atoms with Crippen LogP contribution < -0.4 is 10.1 Å². The van der Waals surface area contributed by atoms with Crippen LogP contribution in [0, 0.1) is 0 Å². The van der Waals surface area contributed by atoms with Gasteiger partial charge in [-0.3, -0.25) is 4.79 Å². The molecule has 2 heterocycles. The molecule has 0 atom stereocenters. The van der Waals surface area contributed by atoms with E-state index < -0.39 is 0 Å². The minimum Gasteiger partial charge on any atom is -0.497 e. The number of thioether (sulfide) groups is 1. The van der Waals surface area contributed by atoms with E-state index in [1.165, 1.54) is 36.1 Å². The zero-order valence-corrected chi connectivity index (χ0v) is 15.9. The second-order valence-electron chi connectivity index (χ2n) is 6.39. The number of hydrogen-bond acceptors (Lipinski definition) is 4. The molecular formula is C20H21NO2S2. The number of nitrogens with one attached hydrogen (secondary N) is 1. The Bertz CT molecular complexity index is 838. The van der Waals surface area contributed by atoms with Gasteiger partial charge in [-0.05, 0) is 60.6 Å². The summed E-state index contributed by atoms with van der Waals surface area (Å²) < 4.78 is 5.23. The van der Waals surface area contributed by atoms with Gasteiger partial charge in [0.05, 0.1) is 12.0 Å². The van der Waals surface area contributed by atoms with Crippen LogP contribution in [0.1, 0.15) is 39.3 Å². The van der Waals surface area contributed by atoms with E-state index in [0.29, 0.717) is 6.54 Å². The molecule has 0 saturated heterocycles. The number of methoxy groups -OCH3 is 1. The topological polar surface area (TPSA) is 38.3 Å². The Morgan fingerprint density at radius 2 is 2.12 bits per heavy atom. The molecule has 1 N–H and O–H groups in total. The van der Waals surface area contributed by atoms with Crippen molar-refractivity contribution in [2.75, 3.05) is 7.11 Å². The van der Waals surface area contributed by atoms with Gasteiger partial charge in [-0.15, -0.1) is 23.1 Å². The molecule has 2 aliphatic rings. The molecule has 1 aliphatic heterocycles. The zero-order chi connectivity index (χ0) is 17.2. The second-order valence-corrected chi connectivity index (χ2v) is 8.54. The largest absolute Gasteiger partial charge is 0.497 e. The predicted octanol–water partition coefficient (Wildman–Crippen LogP) is 4.54. The Morgan fingerprint density at radius 1 is 1.24 bits per heavy atom. The van der Waals surface area contributed by atoms with Gasteiger partial charge < -0.3 is 10.1 Å². The van der Waals surface area contributed by atoms with E-state index in [-0.39, 0.29) is 5.91 Å². The highest BCUT2D eigenvalue weighted by molar-refractivity contribution is 8.03. The molecule has 2 aromatic rings. The molecule has 0 unspecified atom stereocenters. The summed E-state index contributed by atoms with van der Waals surface area (Å²) in [6.45, 7) is 0.516. The lowest BCUT2D eigenvalue weighted by atomic mass is 9.95. The molecular weight excluding hydrogens is 350 g/mol. The average molecular weight is 372 g/mol. The third-order valence-corrected chi connectivity index (χ3v) is 7.09. The van der Waals surface area contributed by atoms with Gasteiger partial charge in [0.2, 0.25) is 0 Å². The van der Waals surface area contributed by atoms with E-state index in [1.807, 2.05) is 35.6 Å². The number of carbonyl (C=O) groups excluding carboxylic acids is 1. The monoisotopic (exact) mass is 371 g/mol. The first-order valence-electron chi connectivity index (χ1n) is 8.63. The molecule has 1 aromatic heterocycles. The number of aryl methyl sites for hydroxylation is 1. The Balaban J connectivity index is 1.46. The molecule has 0 spiro atoms. The Hall–Kier alpha value is -1.72. The van der Waals surface area contributed by atoms with E-state index in [4.69, 9.17) is 4.74 Å². The quantitative estimate of drug-likeness (QED) is 0.857. The van der Waals surface area contributed by atoms with Crippen molar-refractivity contribution in [2.24, 2.45) is 0 Å². The first kappa shape index (κ1) is 16.7. The maximum Gasteiger partial charge on any atom is 0.258 e. The Morgan fingerprint density at radius 3 is 3.00 bits per heavy atom. The van der Waals surface area contributed by atoms with Crippen LogP contribution >= 0.6 is 23.1 Å². The lowest BCUT2D eigenvalue weighted by Crippen LogP contribution is -2.24. The summed E-state index contributed by atoms with van der Waals surface area (Å²) in [6, 6.07) is 7.80. The number of hydrogen-bond donors (Lipinski definition) is 1. The van der Waals surface area contributed by atoms with Crippen LogP contribution in [0.4, 0.5) is 0 Å². The van der Waals surface area contributed by atoms with Crippen molar-refractivity contribution in [1.82, 2.24) is 5.32 Å². The third kappa shape index (κ3) is 3.48. The van der Waals surface area contributed by atoms with Gasteiger partial charge in [-0.2, -0.15) is 0 Å². The summed E-state index contributed by atoms with van der Waals surface area (Å²) in [7, 11) is 1.65. The summed E-state index contributed by atoms with van der Waals surface area (Å²) in [5.74, 6) is 1.76. The maximum absolute atomic E-state index is 12.6. The molecule has 4 rings (SSSR count). The molecule has 5 heteroatoms. The van der Waals surface area contributed by atoms with Crippen LogP contribution in [0.15, 0.2) is 29.2 Å². The smallest absolute Gasteiger partial charge is 0.258 e. The summed E-state index contributed by atoms with van der Waals surface area (Å²) in [5, 5.41) is 3.03. The lowest BCUT2D eigenvalue weighted by molar-refractivity contribution is -0.116. The summed E-state index contributed by atoms with van der Waals surface area (Å²) >= 11 is 3.56. The summed E-state index contributed by atoms with van der Waals surface area (Å²) in [4.78, 5) is 16.2. The maximum atomic E-state index is 12.6. The van der Waals surface area contributed by atoms with E-state index in [1.54, 1.807) is 29.3 Å². The Labute approximate surface area is 156 Å². The van der Waals surface area contributed by atoms with E-state index >= 15 is 0 Å². The highest BCUT2D eigenvalue weighted by Crippen LogP contribution is 2.42. The van der Waals surface area contributed by atoms with Gasteiger partial charge in [-0.1, -0.05) is 12.1 Å². The van der Waals surface area contributed by atoms with Crippen LogP contribution in [-0.4, -0.2) is 13.0 Å². The van der Waals surface area contributed by atoms with Crippen LogP contribution in [0.25, 0.3) is 6.08 Å². The van der Waals surface area contributed by atoms with Gasteiger partial charge in [0.25, 0.3) is 5.91 Å². The fourth-order valence-corrected chi connectivity index (χ4v) is 5.98. The molecule has 0 fully saturated rings. The molecule has 25 heavy (non-hydrogen) atoms. The van der Waals surface area contributed by atoms with Gasteiger partial charge in [0.15, 0.2) is 0 Å². The standard InChI is InChI=1S/C20H21NO2S2/c1-23-14-6-4-5-13(9-14)11-21-20(22)19-10-18-16(12-24-19)15-7-2-3-8-17(15)25-18/h4-6,9-10H,2-3,7-8,11-12H2,1H3,(H,21,22). The third-order valence-electron chi connectivity index (χ3n) is 4.76. The van der Waals surface area contributed by atoms with Crippen molar-refractivity contribution >= 4 is 35.1 Å². The predicted molar refractivity (Wildman–Crippen MR) is 105 cm³/mol. The number of ether oxygens (including phenoxy) is 1. The minimum atomic E-state index is 0.0184.